The van der Waals surface area contributed by atoms with Crippen molar-refractivity contribution in [2.75, 3.05) is 13.7 Å². The fraction of sp³-hybridized carbons (Fsp3) is 0.267. The van der Waals surface area contributed by atoms with E-state index in [4.69, 9.17) is 9.47 Å². The maximum absolute atomic E-state index is 11.9. The van der Waals surface area contributed by atoms with Gasteiger partial charge in [-0.15, -0.1) is 0 Å². The predicted octanol–water partition coefficient (Wildman–Crippen LogP) is 3.48. The Kier molecular flexibility index (Phi) is 4.84. The van der Waals surface area contributed by atoms with Gasteiger partial charge in [0.15, 0.2) is 0 Å². The second kappa shape index (κ2) is 6.61. The fourth-order valence-corrected chi connectivity index (χ4v) is 2.37. The molecule has 2 aromatic rings. The minimum Gasteiger partial charge on any atom is -0.497 e. The van der Waals surface area contributed by atoms with Crippen LogP contribution in [0.15, 0.2) is 41.0 Å². The standard InChI is InChI=1S/C15H16BrNO3/c1-3-20-15(18)14-8-12(16)10-17(14)9-11-4-6-13(19-2)7-5-11/h4-8,10H,3,9H2,1-2H3. The van der Waals surface area contributed by atoms with Gasteiger partial charge >= 0.3 is 5.97 Å². The van der Waals surface area contributed by atoms with E-state index in [2.05, 4.69) is 15.9 Å². The Morgan fingerprint density at radius 3 is 2.60 bits per heavy atom. The van der Waals surface area contributed by atoms with E-state index >= 15 is 0 Å². The zero-order valence-corrected chi connectivity index (χ0v) is 13.0. The van der Waals surface area contributed by atoms with Crippen LogP contribution in [0.1, 0.15) is 23.0 Å². The van der Waals surface area contributed by atoms with Gasteiger partial charge in [0.05, 0.1) is 13.7 Å². The number of benzene rings is 1. The highest BCUT2D eigenvalue weighted by molar-refractivity contribution is 9.10. The summed E-state index contributed by atoms with van der Waals surface area (Å²) in [6, 6.07) is 9.51. The molecule has 106 valence electrons. The number of aromatic nitrogens is 1. The Balaban J connectivity index is 2.21. The minimum absolute atomic E-state index is 0.313. The van der Waals surface area contributed by atoms with Crippen molar-refractivity contribution in [3.8, 4) is 5.75 Å². The molecule has 1 aromatic heterocycles. The van der Waals surface area contributed by atoms with Gasteiger partial charge in [0, 0.05) is 17.2 Å². The average molecular weight is 338 g/mol. The van der Waals surface area contributed by atoms with Gasteiger partial charge in [0.2, 0.25) is 0 Å². The largest absolute Gasteiger partial charge is 0.497 e. The van der Waals surface area contributed by atoms with E-state index in [9.17, 15) is 4.79 Å². The van der Waals surface area contributed by atoms with Crippen molar-refractivity contribution in [2.45, 2.75) is 13.5 Å². The summed E-state index contributed by atoms with van der Waals surface area (Å²) in [4.78, 5) is 11.9. The number of hydrogen-bond acceptors (Lipinski definition) is 3. The normalized spacial score (nSPS) is 10.3. The number of nitrogens with zero attached hydrogens (tertiary/aromatic N) is 1. The van der Waals surface area contributed by atoms with Crippen LogP contribution in [0.5, 0.6) is 5.75 Å². The molecular weight excluding hydrogens is 322 g/mol. The van der Waals surface area contributed by atoms with Gasteiger partial charge in [-0.1, -0.05) is 12.1 Å². The molecule has 4 nitrogen and oxygen atoms in total. The zero-order valence-electron chi connectivity index (χ0n) is 11.4. The Morgan fingerprint density at radius 2 is 2.00 bits per heavy atom. The van der Waals surface area contributed by atoms with Crippen LogP contribution >= 0.6 is 15.9 Å². The monoisotopic (exact) mass is 337 g/mol. The Morgan fingerprint density at radius 1 is 1.30 bits per heavy atom. The third-order valence-corrected chi connectivity index (χ3v) is 3.29. The molecule has 2 rings (SSSR count). The van der Waals surface area contributed by atoms with Crippen molar-refractivity contribution in [1.82, 2.24) is 4.57 Å². The summed E-state index contributed by atoms with van der Waals surface area (Å²) in [5.41, 5.74) is 1.62. The lowest BCUT2D eigenvalue weighted by Crippen LogP contribution is -2.12. The molecule has 0 aliphatic heterocycles. The lowest BCUT2D eigenvalue weighted by molar-refractivity contribution is 0.0514. The van der Waals surface area contributed by atoms with Crippen molar-refractivity contribution >= 4 is 21.9 Å². The molecule has 1 aromatic carbocycles. The molecule has 0 fully saturated rings. The number of hydrogen-bond donors (Lipinski definition) is 0. The minimum atomic E-state index is -0.313. The molecule has 0 atom stereocenters. The molecule has 0 aliphatic rings. The SMILES string of the molecule is CCOC(=O)c1cc(Br)cn1Cc1ccc(OC)cc1. The fourth-order valence-electron chi connectivity index (χ4n) is 1.91. The number of ether oxygens (including phenoxy) is 2. The Hall–Kier alpha value is -1.75. The van der Waals surface area contributed by atoms with Crippen LogP contribution < -0.4 is 4.74 Å². The summed E-state index contributed by atoms with van der Waals surface area (Å²) >= 11 is 3.39. The van der Waals surface area contributed by atoms with Crippen molar-refractivity contribution in [3.63, 3.8) is 0 Å². The van der Waals surface area contributed by atoms with Crippen LogP contribution in [0, 0.1) is 0 Å². The summed E-state index contributed by atoms with van der Waals surface area (Å²) in [6.07, 6.45) is 1.87. The number of carbonyl (C=O) groups excluding carboxylic acids is 1. The maximum Gasteiger partial charge on any atom is 0.354 e. The molecular formula is C15H16BrNO3. The third-order valence-electron chi connectivity index (χ3n) is 2.86. The van der Waals surface area contributed by atoms with Crippen molar-refractivity contribution in [3.05, 3.63) is 52.3 Å². The second-order valence-corrected chi connectivity index (χ2v) is 5.16. The molecule has 1 heterocycles. The first-order chi connectivity index (χ1) is 9.63. The molecule has 0 saturated heterocycles. The van der Waals surface area contributed by atoms with E-state index in [1.165, 1.54) is 0 Å². The summed E-state index contributed by atoms with van der Waals surface area (Å²) in [5.74, 6) is 0.500. The number of rotatable bonds is 5. The highest BCUT2D eigenvalue weighted by Gasteiger charge is 2.14. The van der Waals surface area contributed by atoms with Gasteiger partial charge < -0.3 is 14.0 Å². The first kappa shape index (κ1) is 14.7. The summed E-state index contributed by atoms with van der Waals surface area (Å²) in [6.45, 7) is 2.76. The molecule has 0 spiro atoms. The van der Waals surface area contributed by atoms with Crippen LogP contribution in [0.3, 0.4) is 0 Å². The van der Waals surface area contributed by atoms with E-state index in [0.29, 0.717) is 18.8 Å². The topological polar surface area (TPSA) is 40.5 Å². The lowest BCUT2D eigenvalue weighted by Gasteiger charge is -2.09. The van der Waals surface area contributed by atoms with Crippen molar-refractivity contribution in [2.24, 2.45) is 0 Å². The highest BCUT2D eigenvalue weighted by atomic mass is 79.9. The maximum atomic E-state index is 11.9. The van der Waals surface area contributed by atoms with Gasteiger partial charge in [0.1, 0.15) is 11.4 Å². The van der Waals surface area contributed by atoms with Gasteiger partial charge in [-0.25, -0.2) is 4.79 Å². The lowest BCUT2D eigenvalue weighted by atomic mass is 10.2. The first-order valence-corrected chi connectivity index (χ1v) is 7.09. The van der Waals surface area contributed by atoms with Gasteiger partial charge in [-0.3, -0.25) is 0 Å². The smallest absolute Gasteiger partial charge is 0.354 e. The predicted molar refractivity (Wildman–Crippen MR) is 80.2 cm³/mol. The Labute approximate surface area is 126 Å². The van der Waals surface area contributed by atoms with Crippen LogP contribution in [-0.2, 0) is 11.3 Å². The second-order valence-electron chi connectivity index (χ2n) is 4.24. The number of esters is 1. The first-order valence-electron chi connectivity index (χ1n) is 6.29. The van der Waals surface area contributed by atoms with Crippen LogP contribution in [-0.4, -0.2) is 24.3 Å². The molecule has 0 N–H and O–H groups in total. The molecule has 0 aliphatic carbocycles. The van der Waals surface area contributed by atoms with Gasteiger partial charge in [-0.05, 0) is 46.6 Å². The van der Waals surface area contributed by atoms with Gasteiger partial charge in [-0.2, -0.15) is 0 Å². The Bertz CT molecular complexity index is 590. The molecule has 0 saturated carbocycles. The summed E-state index contributed by atoms with van der Waals surface area (Å²) in [7, 11) is 1.64. The van der Waals surface area contributed by atoms with E-state index < -0.39 is 0 Å². The van der Waals surface area contributed by atoms with E-state index in [0.717, 1.165) is 15.8 Å². The molecule has 5 heteroatoms. The van der Waals surface area contributed by atoms with E-state index in [-0.39, 0.29) is 5.97 Å². The molecule has 0 radical (unpaired) electrons. The van der Waals surface area contributed by atoms with Crippen molar-refractivity contribution < 1.29 is 14.3 Å². The highest BCUT2D eigenvalue weighted by Crippen LogP contribution is 2.19. The van der Waals surface area contributed by atoms with E-state index in [1.807, 2.05) is 35.0 Å². The van der Waals surface area contributed by atoms with Gasteiger partial charge in [0.25, 0.3) is 0 Å². The van der Waals surface area contributed by atoms with Crippen LogP contribution in [0.25, 0.3) is 0 Å². The van der Waals surface area contributed by atoms with Crippen LogP contribution in [0.2, 0.25) is 0 Å². The third kappa shape index (κ3) is 3.42. The summed E-state index contributed by atoms with van der Waals surface area (Å²) < 4.78 is 12.9. The van der Waals surface area contributed by atoms with E-state index in [1.54, 1.807) is 20.1 Å². The number of halogens is 1. The molecule has 0 amide bonds. The zero-order chi connectivity index (χ0) is 14.5. The van der Waals surface area contributed by atoms with Crippen LogP contribution in [0.4, 0.5) is 0 Å². The quantitative estimate of drug-likeness (QED) is 0.784. The summed E-state index contributed by atoms with van der Waals surface area (Å²) in [5, 5.41) is 0. The molecule has 20 heavy (non-hydrogen) atoms. The average Bonchev–Trinajstić information content (AvgIpc) is 2.81. The number of carbonyl (C=O) groups is 1. The van der Waals surface area contributed by atoms with Crippen molar-refractivity contribution in [1.29, 1.82) is 0 Å². The molecule has 0 unspecified atom stereocenters. The molecule has 0 bridgehead atoms. The number of methoxy groups -OCH3 is 1.